The maximum atomic E-state index is 14.8. The first-order chi connectivity index (χ1) is 19.2. The minimum absolute atomic E-state index is 0.0882. The lowest BCUT2D eigenvalue weighted by Gasteiger charge is -2.18. The summed E-state index contributed by atoms with van der Waals surface area (Å²) in [5.74, 6) is 8.98. The number of nitrogens with two attached hydrogens (primary N) is 2. The van der Waals surface area contributed by atoms with Crippen LogP contribution in [0.4, 0.5) is 26.2 Å². The van der Waals surface area contributed by atoms with Crippen LogP contribution in [0.25, 0.3) is 6.08 Å². The van der Waals surface area contributed by atoms with Crippen molar-refractivity contribution in [3.63, 3.8) is 0 Å². The molecule has 0 bridgehead atoms. The van der Waals surface area contributed by atoms with Crippen LogP contribution in [-0.2, 0) is 20.7 Å². The zero-order chi connectivity index (χ0) is 29.1. The molecular formula is C27H27ClFN7O4. The van der Waals surface area contributed by atoms with Crippen molar-refractivity contribution in [3.8, 4) is 0 Å². The lowest BCUT2D eigenvalue weighted by atomic mass is 10.0. The second kappa shape index (κ2) is 14.3. The number of carbonyl (C=O) groups excluding carboxylic acids is 3. The number of amides is 3. The van der Waals surface area contributed by atoms with E-state index in [-0.39, 0.29) is 22.7 Å². The molecule has 0 aliphatic heterocycles. The SMILES string of the molecule is COC(=O)Nc1ccc(NC(=O)[C@H](Cc2ccccc2)NC(=O)/C=C/c2c(N(N)/C=N\N)ccc(Cl)c2F)cc1. The van der Waals surface area contributed by atoms with Crippen LogP contribution in [0.15, 0.2) is 77.9 Å². The third-order valence-electron chi connectivity index (χ3n) is 5.48. The number of hydrogen-bond acceptors (Lipinski definition) is 7. The average molecular weight is 568 g/mol. The molecule has 0 unspecified atom stereocenters. The highest BCUT2D eigenvalue weighted by Gasteiger charge is 2.21. The summed E-state index contributed by atoms with van der Waals surface area (Å²) in [6, 6.07) is 17.1. The molecule has 13 heteroatoms. The average Bonchev–Trinajstić information content (AvgIpc) is 2.95. The number of rotatable bonds is 10. The number of hydrazine groups is 1. The lowest BCUT2D eigenvalue weighted by molar-refractivity contribution is -0.123. The Labute approximate surface area is 234 Å². The van der Waals surface area contributed by atoms with Crippen LogP contribution in [-0.4, -0.2) is 37.4 Å². The molecule has 3 aromatic carbocycles. The number of hydrazone groups is 1. The number of ether oxygens (including phenoxy) is 1. The van der Waals surface area contributed by atoms with Crippen LogP contribution in [0.5, 0.6) is 0 Å². The number of hydrogen-bond donors (Lipinski definition) is 5. The van der Waals surface area contributed by atoms with Crippen molar-refractivity contribution in [1.29, 1.82) is 0 Å². The third kappa shape index (κ3) is 8.28. The molecule has 11 nitrogen and oxygen atoms in total. The number of methoxy groups -OCH3 is 1. The molecule has 0 saturated carbocycles. The second-order valence-electron chi connectivity index (χ2n) is 8.23. The predicted molar refractivity (Wildman–Crippen MR) is 153 cm³/mol. The molecule has 1 atom stereocenters. The fraction of sp³-hybridized carbons (Fsp3) is 0.111. The van der Waals surface area contributed by atoms with Gasteiger partial charge in [0, 0.05) is 29.4 Å². The smallest absolute Gasteiger partial charge is 0.411 e. The Morgan fingerprint density at radius 1 is 1.05 bits per heavy atom. The van der Waals surface area contributed by atoms with Gasteiger partial charge in [-0.3, -0.25) is 19.9 Å². The first kappa shape index (κ1) is 29.6. The number of halogens is 2. The lowest BCUT2D eigenvalue weighted by Crippen LogP contribution is -2.44. The Morgan fingerprint density at radius 2 is 1.70 bits per heavy atom. The van der Waals surface area contributed by atoms with Gasteiger partial charge in [-0.05, 0) is 48.0 Å². The Hall–Kier alpha value is -4.94. The van der Waals surface area contributed by atoms with Gasteiger partial charge in [-0.1, -0.05) is 41.9 Å². The fourth-order valence-corrected chi connectivity index (χ4v) is 3.71. The first-order valence-corrected chi connectivity index (χ1v) is 12.1. The van der Waals surface area contributed by atoms with Gasteiger partial charge >= 0.3 is 6.09 Å². The van der Waals surface area contributed by atoms with E-state index in [1.165, 1.54) is 25.3 Å². The van der Waals surface area contributed by atoms with Crippen LogP contribution >= 0.6 is 11.6 Å². The second-order valence-corrected chi connectivity index (χ2v) is 8.64. The highest BCUT2D eigenvalue weighted by atomic mass is 35.5. The van der Waals surface area contributed by atoms with Crippen molar-refractivity contribution in [2.45, 2.75) is 12.5 Å². The van der Waals surface area contributed by atoms with Crippen LogP contribution < -0.4 is 32.6 Å². The summed E-state index contributed by atoms with van der Waals surface area (Å²) in [6.07, 6.45) is 2.84. The summed E-state index contributed by atoms with van der Waals surface area (Å²) in [6.45, 7) is 0. The summed E-state index contributed by atoms with van der Waals surface area (Å²) in [4.78, 5) is 37.4. The van der Waals surface area contributed by atoms with Crippen LogP contribution in [0.2, 0.25) is 5.02 Å². The molecule has 0 heterocycles. The molecule has 0 fully saturated rings. The summed E-state index contributed by atoms with van der Waals surface area (Å²) in [7, 11) is 1.24. The molecule has 0 saturated heterocycles. The van der Waals surface area contributed by atoms with E-state index in [1.807, 2.05) is 30.3 Å². The maximum Gasteiger partial charge on any atom is 0.411 e. The Balaban J connectivity index is 1.79. The molecule has 0 radical (unpaired) electrons. The number of nitrogens with zero attached hydrogens (tertiary/aromatic N) is 2. The van der Waals surface area contributed by atoms with E-state index in [4.69, 9.17) is 23.3 Å². The molecule has 3 aromatic rings. The predicted octanol–water partition coefficient (Wildman–Crippen LogP) is 3.62. The standard InChI is InChI=1S/C27H27ClFN7O4/c1-40-27(39)34-19-9-7-18(8-10-19)33-26(38)22(15-17-5-3-2-4-6-17)35-24(37)14-11-20-23(36(31)16-32-30)13-12-21(28)25(20)29/h2-14,16,22H,15,30-31H2,1H3,(H,33,38)(H,34,39)(H,35,37)/b14-11+,32-16-/t22-/m0/s1. The van der Waals surface area contributed by atoms with Gasteiger partial charge < -0.3 is 21.2 Å². The fourth-order valence-electron chi connectivity index (χ4n) is 3.55. The van der Waals surface area contributed by atoms with Crippen molar-refractivity contribution in [1.82, 2.24) is 5.32 Å². The van der Waals surface area contributed by atoms with Crippen LogP contribution in [0, 0.1) is 5.82 Å². The van der Waals surface area contributed by atoms with E-state index >= 15 is 0 Å². The van der Waals surface area contributed by atoms with Gasteiger partial charge in [0.1, 0.15) is 12.4 Å². The van der Waals surface area contributed by atoms with E-state index in [1.54, 1.807) is 24.3 Å². The van der Waals surface area contributed by atoms with E-state index in [0.717, 1.165) is 23.0 Å². The van der Waals surface area contributed by atoms with Gasteiger partial charge in [-0.15, -0.1) is 0 Å². The molecule has 40 heavy (non-hydrogen) atoms. The Morgan fingerprint density at radius 3 is 2.33 bits per heavy atom. The Bertz CT molecular complexity index is 1400. The quantitative estimate of drug-likeness (QED) is 0.0820. The molecule has 0 aliphatic rings. The zero-order valence-corrected chi connectivity index (χ0v) is 22.1. The van der Waals surface area contributed by atoms with Gasteiger partial charge in [0.25, 0.3) is 0 Å². The Kier molecular flexibility index (Phi) is 10.6. The molecule has 0 spiro atoms. The highest BCUT2D eigenvalue weighted by Crippen LogP contribution is 2.28. The van der Waals surface area contributed by atoms with Crippen LogP contribution in [0.3, 0.4) is 0 Å². The van der Waals surface area contributed by atoms with Crippen molar-refractivity contribution < 1.29 is 23.5 Å². The first-order valence-electron chi connectivity index (χ1n) is 11.8. The van der Waals surface area contributed by atoms with Crippen LogP contribution in [0.1, 0.15) is 11.1 Å². The number of nitrogens with one attached hydrogen (secondary N) is 3. The van der Waals surface area contributed by atoms with E-state index < -0.39 is 29.8 Å². The summed E-state index contributed by atoms with van der Waals surface area (Å²) in [5.41, 5.74) is 1.75. The maximum absolute atomic E-state index is 14.8. The normalized spacial score (nSPS) is 11.7. The van der Waals surface area contributed by atoms with Crippen molar-refractivity contribution >= 4 is 59.0 Å². The minimum Gasteiger partial charge on any atom is -0.453 e. The van der Waals surface area contributed by atoms with Crippen molar-refractivity contribution in [2.24, 2.45) is 16.8 Å². The number of anilines is 3. The molecule has 3 rings (SSSR count). The van der Waals surface area contributed by atoms with E-state index in [9.17, 15) is 18.8 Å². The van der Waals surface area contributed by atoms with Crippen molar-refractivity contribution in [3.05, 3.63) is 94.8 Å². The summed E-state index contributed by atoms with van der Waals surface area (Å²) >= 11 is 5.91. The zero-order valence-electron chi connectivity index (χ0n) is 21.3. The van der Waals surface area contributed by atoms with Gasteiger partial charge in [-0.25, -0.2) is 15.0 Å². The topological polar surface area (TPSA) is 164 Å². The van der Waals surface area contributed by atoms with Gasteiger partial charge in [0.2, 0.25) is 11.8 Å². The molecular weight excluding hydrogens is 541 g/mol. The molecule has 7 N–H and O–H groups in total. The van der Waals surface area contributed by atoms with Gasteiger partial charge in [-0.2, -0.15) is 5.10 Å². The summed E-state index contributed by atoms with van der Waals surface area (Å²) in [5, 5.41) is 12.0. The largest absolute Gasteiger partial charge is 0.453 e. The monoisotopic (exact) mass is 567 g/mol. The third-order valence-corrected chi connectivity index (χ3v) is 5.77. The van der Waals surface area contributed by atoms with Gasteiger partial charge in [0.15, 0.2) is 5.82 Å². The summed E-state index contributed by atoms with van der Waals surface area (Å²) < 4.78 is 19.3. The van der Waals surface area contributed by atoms with Gasteiger partial charge in [0.05, 0.1) is 17.8 Å². The number of benzene rings is 3. The van der Waals surface area contributed by atoms with E-state index in [2.05, 4.69) is 25.8 Å². The molecule has 0 aliphatic carbocycles. The molecule has 3 amide bonds. The highest BCUT2D eigenvalue weighted by molar-refractivity contribution is 6.31. The minimum atomic E-state index is -0.994. The van der Waals surface area contributed by atoms with E-state index in [0.29, 0.717) is 11.4 Å². The van der Waals surface area contributed by atoms with Crippen molar-refractivity contribution in [2.75, 3.05) is 22.8 Å². The number of carbonyl (C=O) groups is 3. The molecule has 208 valence electrons. The molecule has 0 aromatic heterocycles.